The number of hydrogen-bond donors (Lipinski definition) is 0. The van der Waals surface area contributed by atoms with Crippen molar-refractivity contribution in [3.05, 3.63) is 35.9 Å². The van der Waals surface area contributed by atoms with Crippen molar-refractivity contribution in [1.82, 2.24) is 0 Å². The van der Waals surface area contributed by atoms with E-state index in [2.05, 4.69) is 42.1 Å². The summed E-state index contributed by atoms with van der Waals surface area (Å²) in [6.07, 6.45) is 2.76. The standard InChI is InChI=1S/C10H12S/c1-2-5-9(6-3-1)10-7-4-8-11-10/h1-3,5-6,10H,4,7-8H2/t10-/m1/s1. The van der Waals surface area contributed by atoms with Crippen LogP contribution in [-0.4, -0.2) is 5.75 Å². The smallest absolute Gasteiger partial charge is 0.0297 e. The van der Waals surface area contributed by atoms with E-state index in [4.69, 9.17) is 0 Å². The Kier molecular flexibility index (Phi) is 2.18. The average Bonchev–Trinajstić information content (AvgIpc) is 2.58. The van der Waals surface area contributed by atoms with Crippen LogP contribution in [0.5, 0.6) is 0 Å². The first kappa shape index (κ1) is 7.23. The Morgan fingerprint density at radius 3 is 2.64 bits per heavy atom. The molecule has 1 aromatic carbocycles. The van der Waals surface area contributed by atoms with Gasteiger partial charge < -0.3 is 0 Å². The van der Waals surface area contributed by atoms with Gasteiger partial charge in [0.15, 0.2) is 0 Å². The Bertz CT molecular complexity index is 212. The van der Waals surface area contributed by atoms with Gasteiger partial charge in [-0.15, -0.1) is 0 Å². The molecule has 1 aliphatic heterocycles. The summed E-state index contributed by atoms with van der Waals surface area (Å²) in [7, 11) is 0. The Morgan fingerprint density at radius 1 is 1.18 bits per heavy atom. The third-order valence-electron chi connectivity index (χ3n) is 2.10. The molecule has 0 aliphatic carbocycles. The zero-order chi connectivity index (χ0) is 7.52. The molecule has 1 heteroatoms. The summed E-state index contributed by atoms with van der Waals surface area (Å²) in [6.45, 7) is 0. The lowest BCUT2D eigenvalue weighted by Crippen LogP contribution is -1.85. The summed E-state index contributed by atoms with van der Waals surface area (Å²) < 4.78 is 0. The first-order valence-electron chi connectivity index (χ1n) is 4.13. The van der Waals surface area contributed by atoms with Crippen molar-refractivity contribution in [2.24, 2.45) is 0 Å². The minimum absolute atomic E-state index is 0.788. The van der Waals surface area contributed by atoms with Crippen LogP contribution < -0.4 is 0 Å². The average molecular weight is 164 g/mol. The van der Waals surface area contributed by atoms with Crippen molar-refractivity contribution in [3.8, 4) is 0 Å². The van der Waals surface area contributed by atoms with Crippen molar-refractivity contribution in [1.29, 1.82) is 0 Å². The Hall–Kier alpha value is -0.430. The van der Waals surface area contributed by atoms with Crippen LogP contribution in [-0.2, 0) is 0 Å². The summed E-state index contributed by atoms with van der Waals surface area (Å²) >= 11 is 2.10. The molecule has 0 nitrogen and oxygen atoms in total. The Labute approximate surface area is 72.0 Å². The van der Waals surface area contributed by atoms with Gasteiger partial charge in [0.2, 0.25) is 0 Å². The number of benzene rings is 1. The molecule has 0 radical (unpaired) electrons. The van der Waals surface area contributed by atoms with E-state index in [1.54, 1.807) is 0 Å². The second-order valence-corrected chi connectivity index (χ2v) is 4.22. The second-order valence-electron chi connectivity index (χ2n) is 2.91. The fourth-order valence-corrected chi connectivity index (χ4v) is 2.81. The van der Waals surface area contributed by atoms with E-state index in [0.29, 0.717) is 0 Å². The van der Waals surface area contributed by atoms with E-state index < -0.39 is 0 Å². The highest BCUT2D eigenvalue weighted by Gasteiger charge is 2.16. The predicted molar refractivity (Wildman–Crippen MR) is 50.9 cm³/mol. The van der Waals surface area contributed by atoms with E-state index in [-0.39, 0.29) is 0 Å². The fourth-order valence-electron chi connectivity index (χ4n) is 1.51. The molecule has 1 fully saturated rings. The van der Waals surface area contributed by atoms with Gasteiger partial charge in [0.05, 0.1) is 0 Å². The zero-order valence-electron chi connectivity index (χ0n) is 6.49. The van der Waals surface area contributed by atoms with Crippen LogP contribution in [0.25, 0.3) is 0 Å². The maximum atomic E-state index is 2.24. The van der Waals surface area contributed by atoms with Gasteiger partial charge in [-0.3, -0.25) is 0 Å². The molecule has 0 spiro atoms. The van der Waals surface area contributed by atoms with Crippen molar-refractivity contribution in [2.75, 3.05) is 5.75 Å². The van der Waals surface area contributed by atoms with Crippen molar-refractivity contribution in [3.63, 3.8) is 0 Å². The monoisotopic (exact) mass is 164 g/mol. The predicted octanol–water partition coefficient (Wildman–Crippen LogP) is 3.25. The largest absolute Gasteiger partial charge is 0.154 e. The highest BCUT2D eigenvalue weighted by molar-refractivity contribution is 7.99. The van der Waals surface area contributed by atoms with Crippen LogP contribution in [0.15, 0.2) is 30.3 Å². The van der Waals surface area contributed by atoms with Crippen molar-refractivity contribution >= 4 is 11.8 Å². The lowest BCUT2D eigenvalue weighted by molar-refractivity contribution is 0.829. The molecule has 0 unspecified atom stereocenters. The molecule has 1 heterocycles. The third kappa shape index (κ3) is 1.59. The van der Waals surface area contributed by atoms with E-state index in [9.17, 15) is 0 Å². The van der Waals surface area contributed by atoms with Crippen molar-refractivity contribution in [2.45, 2.75) is 18.1 Å². The van der Waals surface area contributed by atoms with Gasteiger partial charge in [-0.1, -0.05) is 30.3 Å². The molecular weight excluding hydrogens is 152 g/mol. The zero-order valence-corrected chi connectivity index (χ0v) is 7.31. The minimum atomic E-state index is 0.788. The van der Waals surface area contributed by atoms with Crippen LogP contribution in [0.4, 0.5) is 0 Å². The SMILES string of the molecule is c1ccc([C@H]2CCCS2)cc1. The summed E-state index contributed by atoms with van der Waals surface area (Å²) in [4.78, 5) is 0. The van der Waals surface area contributed by atoms with Crippen LogP contribution in [0, 0.1) is 0 Å². The molecule has 1 atom stereocenters. The van der Waals surface area contributed by atoms with E-state index in [1.807, 2.05) is 0 Å². The lowest BCUT2D eigenvalue weighted by atomic mass is 10.1. The van der Waals surface area contributed by atoms with Gasteiger partial charge in [0.25, 0.3) is 0 Å². The topological polar surface area (TPSA) is 0 Å². The second kappa shape index (κ2) is 3.31. The quantitative estimate of drug-likeness (QED) is 0.614. The summed E-state index contributed by atoms with van der Waals surface area (Å²) in [6, 6.07) is 10.8. The molecule has 0 bridgehead atoms. The maximum absolute atomic E-state index is 2.24. The maximum Gasteiger partial charge on any atom is 0.0297 e. The van der Waals surface area contributed by atoms with Crippen LogP contribution >= 0.6 is 11.8 Å². The van der Waals surface area contributed by atoms with Gasteiger partial charge in [0, 0.05) is 5.25 Å². The molecule has 0 aromatic heterocycles. The number of hydrogen-bond acceptors (Lipinski definition) is 1. The number of rotatable bonds is 1. The van der Waals surface area contributed by atoms with E-state index in [0.717, 1.165) is 5.25 Å². The molecule has 0 N–H and O–H groups in total. The van der Waals surface area contributed by atoms with Gasteiger partial charge >= 0.3 is 0 Å². The highest BCUT2D eigenvalue weighted by Crippen LogP contribution is 2.39. The molecule has 0 amide bonds. The third-order valence-corrected chi connectivity index (χ3v) is 3.54. The molecule has 1 aromatic rings. The normalized spacial score (nSPS) is 23.8. The van der Waals surface area contributed by atoms with Gasteiger partial charge in [-0.2, -0.15) is 11.8 Å². The van der Waals surface area contributed by atoms with Crippen LogP contribution in [0.2, 0.25) is 0 Å². The highest BCUT2D eigenvalue weighted by atomic mass is 32.2. The van der Waals surface area contributed by atoms with E-state index >= 15 is 0 Å². The van der Waals surface area contributed by atoms with Gasteiger partial charge in [-0.05, 0) is 24.2 Å². The number of thioether (sulfide) groups is 1. The summed E-state index contributed by atoms with van der Waals surface area (Å²) in [5.74, 6) is 1.35. The molecule has 0 saturated carbocycles. The molecule has 1 aliphatic rings. The van der Waals surface area contributed by atoms with Gasteiger partial charge in [0.1, 0.15) is 0 Å². The Morgan fingerprint density at radius 2 is 2.00 bits per heavy atom. The minimum Gasteiger partial charge on any atom is -0.154 e. The molecule has 11 heavy (non-hydrogen) atoms. The Balaban J connectivity index is 2.16. The van der Waals surface area contributed by atoms with Crippen LogP contribution in [0.1, 0.15) is 23.7 Å². The van der Waals surface area contributed by atoms with E-state index in [1.165, 1.54) is 24.2 Å². The first-order valence-corrected chi connectivity index (χ1v) is 5.18. The summed E-state index contributed by atoms with van der Waals surface area (Å²) in [5, 5.41) is 0.788. The molecule has 58 valence electrons. The molecule has 1 saturated heterocycles. The first-order chi connectivity index (χ1) is 5.47. The van der Waals surface area contributed by atoms with Crippen LogP contribution in [0.3, 0.4) is 0 Å². The fraction of sp³-hybridized carbons (Fsp3) is 0.400. The molecular formula is C10H12S. The van der Waals surface area contributed by atoms with Gasteiger partial charge in [-0.25, -0.2) is 0 Å². The van der Waals surface area contributed by atoms with Crippen molar-refractivity contribution < 1.29 is 0 Å². The summed E-state index contributed by atoms with van der Waals surface area (Å²) in [5.41, 5.74) is 1.51. The molecule has 2 rings (SSSR count). The lowest BCUT2D eigenvalue weighted by Gasteiger charge is -2.06.